The van der Waals surface area contributed by atoms with Crippen LogP contribution in [0, 0.1) is 6.92 Å². The van der Waals surface area contributed by atoms with E-state index < -0.39 is 0 Å². The summed E-state index contributed by atoms with van der Waals surface area (Å²) in [5.74, 6) is -0.0572. The largest absolute Gasteiger partial charge is 0.494 e. The first-order chi connectivity index (χ1) is 13.1. The van der Waals surface area contributed by atoms with Gasteiger partial charge in [-0.2, -0.15) is 0 Å². The standard InChI is InChI=1S/C22H21NO4/c1-3-26-19-7-5-4-6-16(19)17-12-20(24)23(15-10-8-14(2)9-11-15)18-13-27-22(25)21(17)18/h4-11,17H,3,12-13H2,1-2H3. The van der Waals surface area contributed by atoms with Crippen molar-refractivity contribution < 1.29 is 19.1 Å². The second-order valence-corrected chi connectivity index (χ2v) is 6.73. The van der Waals surface area contributed by atoms with Crippen LogP contribution in [0.1, 0.15) is 30.4 Å². The third-order valence-corrected chi connectivity index (χ3v) is 5.00. The first kappa shape index (κ1) is 17.3. The quantitative estimate of drug-likeness (QED) is 0.777. The van der Waals surface area contributed by atoms with Crippen LogP contribution in [0.5, 0.6) is 5.75 Å². The van der Waals surface area contributed by atoms with Gasteiger partial charge in [0.1, 0.15) is 12.4 Å². The summed E-state index contributed by atoms with van der Waals surface area (Å²) < 4.78 is 11.1. The molecule has 0 spiro atoms. The molecule has 0 saturated carbocycles. The average Bonchev–Trinajstić information content (AvgIpc) is 3.05. The van der Waals surface area contributed by atoms with Crippen LogP contribution in [-0.4, -0.2) is 25.1 Å². The Morgan fingerprint density at radius 1 is 1.11 bits per heavy atom. The molecule has 5 heteroatoms. The maximum atomic E-state index is 13.1. The van der Waals surface area contributed by atoms with Crippen LogP contribution < -0.4 is 9.64 Å². The second kappa shape index (κ2) is 6.91. The van der Waals surface area contributed by atoms with E-state index in [1.54, 1.807) is 4.90 Å². The van der Waals surface area contributed by atoms with Gasteiger partial charge in [-0.15, -0.1) is 0 Å². The molecule has 1 unspecified atom stereocenters. The van der Waals surface area contributed by atoms with Gasteiger partial charge in [0.05, 0.1) is 17.9 Å². The Labute approximate surface area is 158 Å². The molecule has 0 N–H and O–H groups in total. The summed E-state index contributed by atoms with van der Waals surface area (Å²) in [7, 11) is 0. The number of para-hydroxylation sites is 1. The minimum absolute atomic E-state index is 0.0489. The summed E-state index contributed by atoms with van der Waals surface area (Å²) in [6.07, 6.45) is 0.200. The van der Waals surface area contributed by atoms with Crippen molar-refractivity contribution in [2.24, 2.45) is 0 Å². The van der Waals surface area contributed by atoms with E-state index in [9.17, 15) is 9.59 Å². The van der Waals surface area contributed by atoms with Crippen molar-refractivity contribution in [2.45, 2.75) is 26.2 Å². The number of ether oxygens (including phenoxy) is 2. The molecular formula is C22H21NO4. The number of hydrogen-bond donors (Lipinski definition) is 0. The second-order valence-electron chi connectivity index (χ2n) is 6.73. The first-order valence-electron chi connectivity index (χ1n) is 9.11. The van der Waals surface area contributed by atoms with E-state index in [-0.39, 0.29) is 30.8 Å². The molecule has 2 aromatic rings. The number of anilines is 1. The molecule has 2 heterocycles. The molecule has 2 aromatic carbocycles. The fraction of sp³-hybridized carbons (Fsp3) is 0.273. The molecule has 1 amide bonds. The first-order valence-corrected chi connectivity index (χ1v) is 9.11. The predicted molar refractivity (Wildman–Crippen MR) is 102 cm³/mol. The molecule has 0 bridgehead atoms. The van der Waals surface area contributed by atoms with E-state index in [2.05, 4.69) is 0 Å². The molecule has 27 heavy (non-hydrogen) atoms. The number of carbonyl (C=O) groups excluding carboxylic acids is 2. The zero-order valence-electron chi connectivity index (χ0n) is 15.4. The van der Waals surface area contributed by atoms with Crippen LogP contribution in [0.3, 0.4) is 0 Å². The predicted octanol–water partition coefficient (Wildman–Crippen LogP) is 3.73. The number of nitrogens with zero attached hydrogens (tertiary/aromatic N) is 1. The van der Waals surface area contributed by atoms with Crippen LogP contribution in [0.15, 0.2) is 59.8 Å². The van der Waals surface area contributed by atoms with Gasteiger partial charge in [-0.05, 0) is 32.0 Å². The van der Waals surface area contributed by atoms with Gasteiger partial charge in [-0.1, -0.05) is 35.9 Å². The lowest BCUT2D eigenvalue weighted by Crippen LogP contribution is -2.37. The number of benzene rings is 2. The number of carbonyl (C=O) groups is 2. The zero-order valence-corrected chi connectivity index (χ0v) is 15.4. The Morgan fingerprint density at radius 3 is 2.59 bits per heavy atom. The maximum absolute atomic E-state index is 13.1. The summed E-state index contributed by atoms with van der Waals surface area (Å²) in [6, 6.07) is 15.3. The Balaban J connectivity index is 1.82. The maximum Gasteiger partial charge on any atom is 0.336 e. The van der Waals surface area contributed by atoms with E-state index >= 15 is 0 Å². The highest BCUT2D eigenvalue weighted by Crippen LogP contribution is 2.44. The van der Waals surface area contributed by atoms with Crippen molar-refractivity contribution >= 4 is 17.6 Å². The smallest absolute Gasteiger partial charge is 0.336 e. The molecule has 0 aliphatic carbocycles. The summed E-state index contributed by atoms with van der Waals surface area (Å²) in [5, 5.41) is 0. The van der Waals surface area contributed by atoms with Crippen molar-refractivity contribution in [3.8, 4) is 5.75 Å². The Bertz CT molecular complexity index is 930. The van der Waals surface area contributed by atoms with Crippen molar-refractivity contribution in [1.29, 1.82) is 0 Å². The minimum atomic E-state index is -0.356. The van der Waals surface area contributed by atoms with E-state index in [0.717, 1.165) is 16.8 Å². The molecular weight excluding hydrogens is 342 g/mol. The van der Waals surface area contributed by atoms with Crippen LogP contribution in [0.4, 0.5) is 5.69 Å². The Hall–Kier alpha value is -3.08. The molecule has 4 rings (SSSR count). The van der Waals surface area contributed by atoms with Crippen LogP contribution in [-0.2, 0) is 14.3 Å². The van der Waals surface area contributed by atoms with Crippen molar-refractivity contribution in [1.82, 2.24) is 0 Å². The summed E-state index contributed by atoms with van der Waals surface area (Å²) in [6.45, 7) is 4.54. The third kappa shape index (κ3) is 2.99. The summed E-state index contributed by atoms with van der Waals surface area (Å²) >= 11 is 0. The van der Waals surface area contributed by atoms with Gasteiger partial charge in [0.2, 0.25) is 5.91 Å². The van der Waals surface area contributed by atoms with Crippen molar-refractivity contribution in [3.63, 3.8) is 0 Å². The van der Waals surface area contributed by atoms with E-state index in [1.165, 1.54) is 0 Å². The van der Waals surface area contributed by atoms with Crippen LogP contribution in [0.25, 0.3) is 0 Å². The van der Waals surface area contributed by atoms with Crippen LogP contribution in [0.2, 0.25) is 0 Å². The number of rotatable bonds is 4. The normalized spacial score (nSPS) is 19.2. The van der Waals surface area contributed by atoms with Gasteiger partial charge in [0.25, 0.3) is 0 Å². The Morgan fingerprint density at radius 2 is 1.85 bits per heavy atom. The third-order valence-electron chi connectivity index (χ3n) is 5.00. The number of hydrogen-bond acceptors (Lipinski definition) is 4. The molecule has 2 aliphatic heterocycles. The lowest BCUT2D eigenvalue weighted by molar-refractivity contribution is -0.136. The van der Waals surface area contributed by atoms with E-state index in [0.29, 0.717) is 23.6 Å². The van der Waals surface area contributed by atoms with Gasteiger partial charge in [0.15, 0.2) is 0 Å². The number of esters is 1. The SMILES string of the molecule is CCOc1ccccc1C1CC(=O)N(c2ccc(C)cc2)C2=C1C(=O)OC2. The monoisotopic (exact) mass is 363 g/mol. The minimum Gasteiger partial charge on any atom is -0.494 e. The lowest BCUT2D eigenvalue weighted by Gasteiger charge is -2.32. The van der Waals surface area contributed by atoms with Gasteiger partial charge in [-0.25, -0.2) is 4.79 Å². The van der Waals surface area contributed by atoms with Crippen molar-refractivity contribution in [2.75, 3.05) is 18.1 Å². The lowest BCUT2D eigenvalue weighted by atomic mass is 9.83. The van der Waals surface area contributed by atoms with Gasteiger partial charge in [-0.3, -0.25) is 9.69 Å². The molecule has 0 fully saturated rings. The molecule has 1 atom stereocenters. The fourth-order valence-electron chi connectivity index (χ4n) is 3.77. The zero-order chi connectivity index (χ0) is 19.0. The van der Waals surface area contributed by atoms with Gasteiger partial charge in [0, 0.05) is 23.6 Å². The molecule has 0 aromatic heterocycles. The molecule has 5 nitrogen and oxygen atoms in total. The van der Waals surface area contributed by atoms with E-state index in [1.807, 2.05) is 62.4 Å². The Kier molecular flexibility index (Phi) is 4.44. The highest BCUT2D eigenvalue weighted by molar-refractivity contribution is 6.06. The number of amides is 1. The average molecular weight is 363 g/mol. The van der Waals surface area contributed by atoms with Gasteiger partial charge < -0.3 is 9.47 Å². The number of cyclic esters (lactones) is 1. The van der Waals surface area contributed by atoms with Gasteiger partial charge >= 0.3 is 5.97 Å². The highest BCUT2D eigenvalue weighted by Gasteiger charge is 2.43. The molecule has 0 saturated heterocycles. The summed E-state index contributed by atoms with van der Waals surface area (Å²) in [4.78, 5) is 27.2. The number of aryl methyl sites for hydroxylation is 1. The highest BCUT2D eigenvalue weighted by atomic mass is 16.5. The molecule has 138 valence electrons. The van der Waals surface area contributed by atoms with Crippen LogP contribution >= 0.6 is 0 Å². The summed E-state index contributed by atoms with van der Waals surface area (Å²) in [5.41, 5.74) is 3.91. The van der Waals surface area contributed by atoms with Crippen molar-refractivity contribution in [3.05, 3.63) is 70.9 Å². The van der Waals surface area contributed by atoms with E-state index in [4.69, 9.17) is 9.47 Å². The topological polar surface area (TPSA) is 55.8 Å². The molecule has 2 aliphatic rings. The molecule has 0 radical (unpaired) electrons. The fourth-order valence-corrected chi connectivity index (χ4v) is 3.77.